The molecule has 1 aromatic rings. The molecule has 0 aromatic carbocycles. The summed E-state index contributed by atoms with van der Waals surface area (Å²) < 4.78 is 2.13. The lowest BCUT2D eigenvalue weighted by molar-refractivity contribution is 0.283. The first-order valence-corrected chi connectivity index (χ1v) is 5.62. The highest BCUT2D eigenvalue weighted by molar-refractivity contribution is 5.29. The Balaban J connectivity index is 2.36. The molecular formula is C11H21N3O. The fraction of sp³-hybridized carbons (Fsp3) is 0.727. The van der Waals surface area contributed by atoms with Crippen LogP contribution in [-0.4, -0.2) is 34.9 Å². The van der Waals surface area contributed by atoms with Gasteiger partial charge in [-0.3, -0.25) is 0 Å². The summed E-state index contributed by atoms with van der Waals surface area (Å²) >= 11 is 0. The number of nitrogens with zero attached hydrogens (tertiary/aromatic N) is 3. The minimum Gasteiger partial charge on any atom is -0.396 e. The van der Waals surface area contributed by atoms with Crippen LogP contribution in [0.15, 0.2) is 12.4 Å². The zero-order chi connectivity index (χ0) is 11.1. The lowest BCUT2D eigenvalue weighted by Gasteiger charge is -2.18. The first kappa shape index (κ1) is 12.0. The van der Waals surface area contributed by atoms with E-state index in [9.17, 15) is 0 Å². The maximum atomic E-state index is 8.67. The van der Waals surface area contributed by atoms with Crippen LogP contribution in [0, 0.1) is 0 Å². The van der Waals surface area contributed by atoms with Gasteiger partial charge < -0.3 is 14.6 Å². The number of hydrogen-bond acceptors (Lipinski definition) is 3. The zero-order valence-corrected chi connectivity index (χ0v) is 9.69. The highest BCUT2D eigenvalue weighted by Gasteiger charge is 2.06. The molecule has 0 aliphatic heterocycles. The molecule has 1 heterocycles. The molecule has 4 heteroatoms. The summed E-state index contributed by atoms with van der Waals surface area (Å²) in [6, 6.07) is 0. The monoisotopic (exact) mass is 211 g/mol. The number of aromatic nitrogens is 2. The van der Waals surface area contributed by atoms with Crippen molar-refractivity contribution in [2.45, 2.75) is 32.7 Å². The number of rotatable bonds is 7. The normalized spacial score (nSPS) is 10.6. The van der Waals surface area contributed by atoms with Gasteiger partial charge >= 0.3 is 0 Å². The van der Waals surface area contributed by atoms with E-state index in [1.165, 1.54) is 0 Å². The van der Waals surface area contributed by atoms with E-state index in [4.69, 9.17) is 5.11 Å². The molecule has 0 unspecified atom stereocenters. The van der Waals surface area contributed by atoms with Crippen LogP contribution in [-0.2, 0) is 6.54 Å². The molecule has 0 aliphatic rings. The van der Waals surface area contributed by atoms with Crippen molar-refractivity contribution in [3.05, 3.63) is 12.4 Å². The van der Waals surface area contributed by atoms with Gasteiger partial charge in [0.1, 0.15) is 0 Å². The number of anilines is 1. The van der Waals surface area contributed by atoms with Crippen LogP contribution in [0.4, 0.5) is 5.95 Å². The van der Waals surface area contributed by atoms with E-state index in [1.807, 2.05) is 12.4 Å². The summed E-state index contributed by atoms with van der Waals surface area (Å²) in [6.45, 7) is 4.37. The van der Waals surface area contributed by atoms with Crippen LogP contribution in [0.5, 0.6) is 0 Å². The van der Waals surface area contributed by atoms with Crippen LogP contribution in [0.3, 0.4) is 0 Å². The lowest BCUT2D eigenvalue weighted by atomic mass is 10.2. The molecule has 0 saturated carbocycles. The zero-order valence-electron chi connectivity index (χ0n) is 9.69. The largest absolute Gasteiger partial charge is 0.396 e. The highest BCUT2D eigenvalue weighted by atomic mass is 16.2. The Morgan fingerprint density at radius 2 is 2.20 bits per heavy atom. The van der Waals surface area contributed by atoms with Crippen molar-refractivity contribution in [1.29, 1.82) is 0 Å². The summed E-state index contributed by atoms with van der Waals surface area (Å²) in [4.78, 5) is 6.49. The molecule has 86 valence electrons. The molecule has 1 rings (SSSR count). The molecule has 15 heavy (non-hydrogen) atoms. The van der Waals surface area contributed by atoms with E-state index in [0.29, 0.717) is 6.61 Å². The van der Waals surface area contributed by atoms with Gasteiger partial charge in [0.2, 0.25) is 5.95 Å². The van der Waals surface area contributed by atoms with Crippen molar-refractivity contribution in [3.63, 3.8) is 0 Å². The Hall–Kier alpha value is -1.03. The van der Waals surface area contributed by atoms with Gasteiger partial charge in [0.15, 0.2) is 0 Å². The second-order valence-corrected chi connectivity index (χ2v) is 3.72. The van der Waals surface area contributed by atoms with Gasteiger partial charge in [-0.05, 0) is 26.2 Å². The van der Waals surface area contributed by atoms with Crippen molar-refractivity contribution in [3.8, 4) is 0 Å². The van der Waals surface area contributed by atoms with Crippen LogP contribution < -0.4 is 4.90 Å². The summed E-state index contributed by atoms with van der Waals surface area (Å²) in [7, 11) is 2.06. The van der Waals surface area contributed by atoms with Gasteiger partial charge in [-0.2, -0.15) is 0 Å². The predicted octanol–water partition coefficient (Wildman–Crippen LogP) is 1.50. The highest BCUT2D eigenvalue weighted by Crippen LogP contribution is 2.10. The molecule has 0 aliphatic carbocycles. The van der Waals surface area contributed by atoms with E-state index in [0.717, 1.165) is 38.3 Å². The third-order valence-electron chi connectivity index (χ3n) is 2.53. The molecule has 4 nitrogen and oxygen atoms in total. The summed E-state index contributed by atoms with van der Waals surface area (Å²) in [6.07, 6.45) is 6.92. The van der Waals surface area contributed by atoms with Crippen LogP contribution >= 0.6 is 0 Å². The SMILES string of the molecule is CCn1ccnc1N(C)CCCCCO. The molecule has 0 spiro atoms. The molecule has 0 atom stereocenters. The molecule has 1 aromatic heterocycles. The number of aryl methyl sites for hydroxylation is 1. The average Bonchev–Trinajstić information content (AvgIpc) is 2.72. The smallest absolute Gasteiger partial charge is 0.205 e. The Morgan fingerprint density at radius 3 is 2.87 bits per heavy atom. The molecule has 0 saturated heterocycles. The Bertz CT molecular complexity index is 273. The van der Waals surface area contributed by atoms with Gasteiger partial charge in [0.25, 0.3) is 0 Å². The number of hydrogen-bond donors (Lipinski definition) is 1. The van der Waals surface area contributed by atoms with Crippen LogP contribution in [0.2, 0.25) is 0 Å². The van der Waals surface area contributed by atoms with Crippen molar-refractivity contribution in [2.24, 2.45) is 0 Å². The minimum atomic E-state index is 0.299. The van der Waals surface area contributed by atoms with E-state index in [2.05, 4.69) is 28.4 Å². The fourth-order valence-corrected chi connectivity index (χ4v) is 1.62. The molecule has 0 radical (unpaired) electrons. The standard InChI is InChI=1S/C11H21N3O/c1-3-14-9-7-12-11(14)13(2)8-5-4-6-10-15/h7,9,15H,3-6,8,10H2,1-2H3. The third-order valence-corrected chi connectivity index (χ3v) is 2.53. The maximum absolute atomic E-state index is 8.67. The Kier molecular flexibility index (Phi) is 5.18. The number of unbranched alkanes of at least 4 members (excludes halogenated alkanes) is 2. The Labute approximate surface area is 91.5 Å². The molecule has 1 N–H and O–H groups in total. The van der Waals surface area contributed by atoms with Crippen molar-refractivity contribution < 1.29 is 5.11 Å². The first-order valence-electron chi connectivity index (χ1n) is 5.62. The molecule has 0 fully saturated rings. The second-order valence-electron chi connectivity index (χ2n) is 3.72. The van der Waals surface area contributed by atoms with E-state index >= 15 is 0 Å². The molecule has 0 amide bonds. The summed E-state index contributed by atoms with van der Waals surface area (Å²) in [5.74, 6) is 1.03. The average molecular weight is 211 g/mol. The number of aliphatic hydroxyl groups excluding tert-OH is 1. The third kappa shape index (κ3) is 3.55. The van der Waals surface area contributed by atoms with E-state index in [-0.39, 0.29) is 0 Å². The van der Waals surface area contributed by atoms with E-state index < -0.39 is 0 Å². The van der Waals surface area contributed by atoms with E-state index in [1.54, 1.807) is 0 Å². The molecule has 0 bridgehead atoms. The first-order chi connectivity index (χ1) is 7.29. The van der Waals surface area contributed by atoms with Crippen molar-refractivity contribution in [1.82, 2.24) is 9.55 Å². The molecular weight excluding hydrogens is 190 g/mol. The van der Waals surface area contributed by atoms with Gasteiger partial charge in [-0.25, -0.2) is 4.98 Å². The summed E-state index contributed by atoms with van der Waals surface area (Å²) in [5.41, 5.74) is 0. The minimum absolute atomic E-state index is 0.299. The number of imidazole rings is 1. The maximum Gasteiger partial charge on any atom is 0.205 e. The number of aliphatic hydroxyl groups is 1. The van der Waals surface area contributed by atoms with Gasteiger partial charge in [0, 0.05) is 39.1 Å². The Morgan fingerprint density at radius 1 is 1.40 bits per heavy atom. The second kappa shape index (κ2) is 6.45. The lowest BCUT2D eigenvalue weighted by Crippen LogP contribution is -2.22. The van der Waals surface area contributed by atoms with Gasteiger partial charge in [0.05, 0.1) is 0 Å². The van der Waals surface area contributed by atoms with Gasteiger partial charge in [-0.1, -0.05) is 0 Å². The van der Waals surface area contributed by atoms with Gasteiger partial charge in [-0.15, -0.1) is 0 Å². The van der Waals surface area contributed by atoms with Crippen molar-refractivity contribution >= 4 is 5.95 Å². The summed E-state index contributed by atoms with van der Waals surface area (Å²) in [5, 5.41) is 8.67. The van der Waals surface area contributed by atoms with Crippen molar-refractivity contribution in [2.75, 3.05) is 25.1 Å². The van der Waals surface area contributed by atoms with Crippen LogP contribution in [0.25, 0.3) is 0 Å². The fourth-order valence-electron chi connectivity index (χ4n) is 1.62. The predicted molar refractivity (Wildman–Crippen MR) is 62.1 cm³/mol. The topological polar surface area (TPSA) is 41.3 Å². The van der Waals surface area contributed by atoms with Crippen LogP contribution in [0.1, 0.15) is 26.2 Å². The quantitative estimate of drug-likeness (QED) is 0.695.